The highest BCUT2D eigenvalue weighted by Crippen LogP contribution is 2.24. The highest BCUT2D eigenvalue weighted by atomic mass is 35.5. The number of carbonyl (C=O) groups is 1. The van der Waals surface area contributed by atoms with Crippen LogP contribution < -0.4 is 5.73 Å². The molecule has 2 aromatic rings. The summed E-state index contributed by atoms with van der Waals surface area (Å²) in [4.78, 5) is 18.3. The van der Waals surface area contributed by atoms with Crippen molar-refractivity contribution in [1.82, 2.24) is 9.88 Å². The summed E-state index contributed by atoms with van der Waals surface area (Å²) in [6.45, 7) is 3.78. The number of nitrogens with two attached hydrogens (primary N) is 1. The van der Waals surface area contributed by atoms with Crippen LogP contribution in [-0.4, -0.2) is 22.8 Å². The number of aromatic nitrogens is 1. The molecule has 0 aliphatic rings. The summed E-state index contributed by atoms with van der Waals surface area (Å²) in [5.74, 6) is -0.160. The van der Waals surface area contributed by atoms with Crippen molar-refractivity contribution in [1.29, 1.82) is 0 Å². The predicted molar refractivity (Wildman–Crippen MR) is 85.3 cm³/mol. The summed E-state index contributed by atoms with van der Waals surface area (Å²) in [6.07, 6.45) is 1.52. The Balaban J connectivity index is 2.26. The van der Waals surface area contributed by atoms with Gasteiger partial charge in [-0.05, 0) is 37.6 Å². The van der Waals surface area contributed by atoms with Crippen LogP contribution in [0.1, 0.15) is 34.6 Å². The molecule has 2 rings (SSSR count). The normalized spacial score (nSPS) is 12.0. The van der Waals surface area contributed by atoms with Crippen molar-refractivity contribution < 1.29 is 4.79 Å². The molecule has 1 atom stereocenters. The zero-order valence-corrected chi connectivity index (χ0v) is 13.1. The zero-order valence-electron chi connectivity index (χ0n) is 12.3. The Morgan fingerprint density at radius 3 is 2.71 bits per heavy atom. The molecular weight excluding hydrogens is 286 g/mol. The van der Waals surface area contributed by atoms with Gasteiger partial charge in [0.05, 0.1) is 11.6 Å². The average molecular weight is 304 g/mol. The number of nitrogen functional groups attached to an aromatic ring is 1. The Hall–Kier alpha value is -2.07. The maximum Gasteiger partial charge on any atom is 0.257 e. The van der Waals surface area contributed by atoms with Gasteiger partial charge in [-0.25, -0.2) is 0 Å². The van der Waals surface area contributed by atoms with E-state index in [1.54, 1.807) is 18.0 Å². The number of amides is 1. The van der Waals surface area contributed by atoms with E-state index in [0.29, 0.717) is 16.3 Å². The molecule has 0 aliphatic heterocycles. The molecule has 1 unspecified atom stereocenters. The molecule has 0 bridgehead atoms. The minimum absolute atomic E-state index is 0.114. The largest absolute Gasteiger partial charge is 0.398 e. The molecule has 0 spiro atoms. The Kier molecular flexibility index (Phi) is 4.48. The quantitative estimate of drug-likeness (QED) is 0.944. The van der Waals surface area contributed by atoms with Gasteiger partial charge in [0.1, 0.15) is 0 Å². The van der Waals surface area contributed by atoms with Gasteiger partial charge >= 0.3 is 0 Å². The van der Waals surface area contributed by atoms with Crippen LogP contribution >= 0.6 is 11.6 Å². The molecule has 0 aliphatic carbocycles. The summed E-state index contributed by atoms with van der Waals surface area (Å²) in [5, 5.41) is 0.650. The third-order valence-corrected chi connectivity index (χ3v) is 3.77. The van der Waals surface area contributed by atoms with Gasteiger partial charge in [-0.15, -0.1) is 0 Å². The van der Waals surface area contributed by atoms with Crippen LogP contribution in [0.5, 0.6) is 0 Å². The Morgan fingerprint density at radius 2 is 2.10 bits per heavy atom. The molecule has 2 N–H and O–H groups in total. The van der Waals surface area contributed by atoms with Crippen molar-refractivity contribution >= 4 is 23.2 Å². The molecule has 1 amide bonds. The number of carbonyl (C=O) groups excluding carboxylic acids is 1. The fourth-order valence-corrected chi connectivity index (χ4v) is 2.31. The van der Waals surface area contributed by atoms with Gasteiger partial charge in [-0.1, -0.05) is 23.7 Å². The molecule has 0 saturated heterocycles. The molecule has 0 radical (unpaired) electrons. The number of anilines is 1. The maximum atomic E-state index is 12.5. The lowest BCUT2D eigenvalue weighted by molar-refractivity contribution is 0.0743. The number of nitrogens with zero attached hydrogens (tertiary/aromatic N) is 2. The minimum atomic E-state index is -0.160. The standard InChI is InChI=1S/C16H18ClN3O/c1-10-7-15(18)14(9-19-10)16(21)20(3)11(2)12-5-4-6-13(17)8-12/h4-9,11H,1-3H3,(H2,18,19). The Bertz CT molecular complexity index is 672. The fourth-order valence-electron chi connectivity index (χ4n) is 2.12. The molecule has 110 valence electrons. The molecule has 1 aromatic heterocycles. The van der Waals surface area contributed by atoms with Gasteiger partial charge in [0.25, 0.3) is 5.91 Å². The van der Waals surface area contributed by atoms with E-state index in [1.165, 1.54) is 6.20 Å². The van der Waals surface area contributed by atoms with Crippen molar-refractivity contribution in [2.45, 2.75) is 19.9 Å². The average Bonchev–Trinajstić information content (AvgIpc) is 2.45. The van der Waals surface area contributed by atoms with E-state index in [1.807, 2.05) is 38.1 Å². The molecule has 4 nitrogen and oxygen atoms in total. The van der Waals surface area contributed by atoms with Crippen molar-refractivity contribution in [3.63, 3.8) is 0 Å². The van der Waals surface area contributed by atoms with Gasteiger partial charge in [-0.2, -0.15) is 0 Å². The van der Waals surface area contributed by atoms with Crippen LogP contribution in [-0.2, 0) is 0 Å². The highest BCUT2D eigenvalue weighted by Gasteiger charge is 2.21. The maximum absolute atomic E-state index is 12.5. The van der Waals surface area contributed by atoms with Crippen LogP contribution in [0.3, 0.4) is 0 Å². The molecule has 0 fully saturated rings. The number of benzene rings is 1. The van der Waals surface area contributed by atoms with Gasteiger partial charge in [-0.3, -0.25) is 9.78 Å². The topological polar surface area (TPSA) is 59.2 Å². The lowest BCUT2D eigenvalue weighted by Gasteiger charge is -2.26. The van der Waals surface area contributed by atoms with Gasteiger partial charge in [0.15, 0.2) is 0 Å². The van der Waals surface area contributed by atoms with Gasteiger partial charge in [0.2, 0.25) is 0 Å². The van der Waals surface area contributed by atoms with E-state index in [9.17, 15) is 4.79 Å². The second-order valence-corrected chi connectivity index (χ2v) is 5.50. The van der Waals surface area contributed by atoms with E-state index in [2.05, 4.69) is 4.98 Å². The van der Waals surface area contributed by atoms with E-state index in [0.717, 1.165) is 11.3 Å². The lowest BCUT2D eigenvalue weighted by atomic mass is 10.1. The molecule has 1 heterocycles. The Morgan fingerprint density at radius 1 is 1.38 bits per heavy atom. The van der Waals surface area contributed by atoms with Crippen LogP contribution in [0.25, 0.3) is 0 Å². The van der Waals surface area contributed by atoms with E-state index < -0.39 is 0 Å². The fraction of sp³-hybridized carbons (Fsp3) is 0.250. The number of hydrogen-bond donors (Lipinski definition) is 1. The van der Waals surface area contributed by atoms with Gasteiger partial charge in [0, 0.05) is 29.6 Å². The molecule has 5 heteroatoms. The van der Waals surface area contributed by atoms with Crippen LogP contribution in [0.15, 0.2) is 36.5 Å². The second kappa shape index (κ2) is 6.14. The number of hydrogen-bond acceptors (Lipinski definition) is 3. The first-order valence-corrected chi connectivity index (χ1v) is 7.02. The first-order chi connectivity index (χ1) is 9.90. The van der Waals surface area contributed by atoms with E-state index in [4.69, 9.17) is 17.3 Å². The monoisotopic (exact) mass is 303 g/mol. The van der Waals surface area contributed by atoms with Crippen LogP contribution in [0.4, 0.5) is 5.69 Å². The SMILES string of the molecule is Cc1cc(N)c(C(=O)N(C)C(C)c2cccc(Cl)c2)cn1. The van der Waals surface area contributed by atoms with E-state index in [-0.39, 0.29) is 11.9 Å². The summed E-state index contributed by atoms with van der Waals surface area (Å²) >= 11 is 6.00. The molecule has 0 saturated carbocycles. The van der Waals surface area contributed by atoms with Crippen molar-refractivity contribution in [2.24, 2.45) is 0 Å². The van der Waals surface area contributed by atoms with Crippen LogP contribution in [0, 0.1) is 6.92 Å². The van der Waals surface area contributed by atoms with Crippen LogP contribution in [0.2, 0.25) is 5.02 Å². The summed E-state index contributed by atoms with van der Waals surface area (Å²) in [6, 6.07) is 9.06. The second-order valence-electron chi connectivity index (χ2n) is 5.06. The minimum Gasteiger partial charge on any atom is -0.398 e. The number of halogens is 1. The highest BCUT2D eigenvalue weighted by molar-refractivity contribution is 6.30. The lowest BCUT2D eigenvalue weighted by Crippen LogP contribution is -2.30. The summed E-state index contributed by atoms with van der Waals surface area (Å²) < 4.78 is 0. The number of rotatable bonds is 3. The summed E-state index contributed by atoms with van der Waals surface area (Å²) in [5.41, 5.74) is 8.53. The molecule has 1 aromatic carbocycles. The predicted octanol–water partition coefficient (Wildman–Crippen LogP) is 3.46. The van der Waals surface area contributed by atoms with Gasteiger partial charge < -0.3 is 10.6 Å². The first kappa shape index (κ1) is 15.3. The number of pyridine rings is 1. The third kappa shape index (κ3) is 3.34. The Labute approximate surface area is 129 Å². The van der Waals surface area contributed by atoms with Crippen molar-refractivity contribution in [2.75, 3.05) is 12.8 Å². The third-order valence-electron chi connectivity index (χ3n) is 3.54. The number of aryl methyl sites for hydroxylation is 1. The van der Waals surface area contributed by atoms with E-state index >= 15 is 0 Å². The first-order valence-electron chi connectivity index (χ1n) is 6.65. The molecule has 21 heavy (non-hydrogen) atoms. The van der Waals surface area contributed by atoms with Crippen molar-refractivity contribution in [3.8, 4) is 0 Å². The zero-order chi connectivity index (χ0) is 15.6. The van der Waals surface area contributed by atoms with Crippen molar-refractivity contribution in [3.05, 3.63) is 58.4 Å². The summed E-state index contributed by atoms with van der Waals surface area (Å²) in [7, 11) is 1.74. The smallest absolute Gasteiger partial charge is 0.257 e. The molecular formula is C16H18ClN3O.